The van der Waals surface area contributed by atoms with Crippen LogP contribution in [0.3, 0.4) is 0 Å². The first-order chi connectivity index (χ1) is 9.42. The number of fused-ring (bicyclic) bond motifs is 2. The van der Waals surface area contributed by atoms with Crippen molar-refractivity contribution in [2.75, 3.05) is 0 Å². The summed E-state index contributed by atoms with van der Waals surface area (Å²) in [6, 6.07) is 0. The van der Waals surface area contributed by atoms with E-state index < -0.39 is 0 Å². The average molecular weight is 274 g/mol. The van der Waals surface area contributed by atoms with E-state index in [1.54, 1.807) is 5.57 Å². The van der Waals surface area contributed by atoms with Crippen LogP contribution in [0.1, 0.15) is 73.1 Å². The Labute approximate surface area is 126 Å². The van der Waals surface area contributed by atoms with E-state index in [1.807, 2.05) is 0 Å². The average Bonchev–Trinajstić information content (AvgIpc) is 2.88. The highest BCUT2D eigenvalue weighted by atomic mass is 14.5. The molecular weight excluding hydrogens is 240 g/mol. The summed E-state index contributed by atoms with van der Waals surface area (Å²) in [5.41, 5.74) is 2.36. The molecular formula is C20H34. The van der Waals surface area contributed by atoms with Gasteiger partial charge in [-0.25, -0.2) is 0 Å². The molecule has 0 bridgehead atoms. The van der Waals surface area contributed by atoms with Crippen LogP contribution in [0.4, 0.5) is 0 Å². The fourth-order valence-electron chi connectivity index (χ4n) is 6.09. The van der Waals surface area contributed by atoms with Crippen molar-refractivity contribution in [3.63, 3.8) is 0 Å². The van der Waals surface area contributed by atoms with Crippen LogP contribution in [0.25, 0.3) is 0 Å². The minimum Gasteiger partial charge on any atom is -0.0850 e. The summed E-state index contributed by atoms with van der Waals surface area (Å²) < 4.78 is 0. The van der Waals surface area contributed by atoms with Gasteiger partial charge in [0.2, 0.25) is 0 Å². The largest absolute Gasteiger partial charge is 0.0850 e. The fourth-order valence-corrected chi connectivity index (χ4v) is 6.09. The van der Waals surface area contributed by atoms with E-state index in [2.05, 4.69) is 40.7 Å². The Bertz CT molecular complexity index is 391. The molecule has 0 aliphatic heterocycles. The van der Waals surface area contributed by atoms with Gasteiger partial charge < -0.3 is 0 Å². The quantitative estimate of drug-likeness (QED) is 0.508. The van der Waals surface area contributed by atoms with Gasteiger partial charge in [0.1, 0.15) is 0 Å². The molecule has 0 radical (unpaired) electrons. The van der Waals surface area contributed by atoms with Gasteiger partial charge >= 0.3 is 0 Å². The molecule has 114 valence electrons. The Morgan fingerprint density at radius 2 is 1.95 bits per heavy atom. The topological polar surface area (TPSA) is 0 Å². The molecule has 3 aliphatic rings. The summed E-state index contributed by atoms with van der Waals surface area (Å²) in [4.78, 5) is 0. The predicted octanol–water partition coefficient (Wildman–Crippen LogP) is 6.08. The highest BCUT2D eigenvalue weighted by Gasteiger charge is 2.49. The smallest absolute Gasteiger partial charge is 0.0175 e. The third-order valence-corrected chi connectivity index (χ3v) is 7.48. The van der Waals surface area contributed by atoms with Gasteiger partial charge in [-0.2, -0.15) is 0 Å². The van der Waals surface area contributed by atoms with Crippen molar-refractivity contribution in [2.45, 2.75) is 73.1 Å². The lowest BCUT2D eigenvalue weighted by atomic mass is 9.64. The fraction of sp³-hybridized carbons (Fsp3) is 0.900. The van der Waals surface area contributed by atoms with Crippen LogP contribution >= 0.6 is 0 Å². The maximum Gasteiger partial charge on any atom is -0.0175 e. The molecule has 0 N–H and O–H groups in total. The third kappa shape index (κ3) is 2.28. The molecule has 2 fully saturated rings. The molecule has 0 aromatic carbocycles. The van der Waals surface area contributed by atoms with Crippen molar-refractivity contribution in [3.8, 4) is 0 Å². The summed E-state index contributed by atoms with van der Waals surface area (Å²) in [7, 11) is 0. The van der Waals surface area contributed by atoms with Gasteiger partial charge in [0.25, 0.3) is 0 Å². The first-order valence-electron chi connectivity index (χ1n) is 9.09. The highest BCUT2D eigenvalue weighted by Crippen LogP contribution is 2.59. The van der Waals surface area contributed by atoms with Crippen molar-refractivity contribution in [2.24, 2.45) is 40.9 Å². The van der Waals surface area contributed by atoms with E-state index in [0.29, 0.717) is 5.41 Å². The van der Waals surface area contributed by atoms with Gasteiger partial charge in [0, 0.05) is 0 Å². The molecule has 0 aromatic rings. The molecule has 2 saturated carbocycles. The maximum absolute atomic E-state index is 2.65. The van der Waals surface area contributed by atoms with Crippen LogP contribution in [-0.2, 0) is 0 Å². The summed E-state index contributed by atoms with van der Waals surface area (Å²) in [6.45, 7) is 12.5. The van der Waals surface area contributed by atoms with Gasteiger partial charge in [0.05, 0.1) is 0 Å². The van der Waals surface area contributed by atoms with Gasteiger partial charge in [0.15, 0.2) is 0 Å². The molecule has 0 heterocycles. The minimum absolute atomic E-state index is 0.633. The van der Waals surface area contributed by atoms with E-state index in [-0.39, 0.29) is 0 Å². The lowest BCUT2D eigenvalue weighted by Gasteiger charge is -2.41. The Balaban J connectivity index is 1.92. The van der Waals surface area contributed by atoms with Crippen molar-refractivity contribution in [1.82, 2.24) is 0 Å². The number of rotatable bonds is 1. The van der Waals surface area contributed by atoms with Crippen LogP contribution in [-0.4, -0.2) is 0 Å². The second-order valence-electron chi connectivity index (χ2n) is 8.92. The summed E-state index contributed by atoms with van der Waals surface area (Å²) in [6.07, 6.45) is 11.4. The summed E-state index contributed by atoms with van der Waals surface area (Å²) in [5.74, 6) is 5.64. The van der Waals surface area contributed by atoms with E-state index in [1.165, 1.54) is 38.5 Å². The van der Waals surface area contributed by atoms with Gasteiger partial charge in [-0.1, -0.05) is 39.3 Å². The van der Waals surface area contributed by atoms with E-state index in [0.717, 1.165) is 35.5 Å². The second-order valence-corrected chi connectivity index (χ2v) is 8.92. The highest BCUT2D eigenvalue weighted by molar-refractivity contribution is 5.14. The van der Waals surface area contributed by atoms with Crippen molar-refractivity contribution < 1.29 is 0 Å². The molecule has 6 atom stereocenters. The Morgan fingerprint density at radius 1 is 1.20 bits per heavy atom. The Kier molecular flexibility index (Phi) is 3.80. The van der Waals surface area contributed by atoms with Crippen molar-refractivity contribution >= 4 is 0 Å². The van der Waals surface area contributed by atoms with Crippen LogP contribution in [0.2, 0.25) is 0 Å². The molecule has 1 unspecified atom stereocenters. The first kappa shape index (κ1) is 14.7. The second kappa shape index (κ2) is 5.18. The van der Waals surface area contributed by atoms with Crippen LogP contribution in [0.5, 0.6) is 0 Å². The van der Waals surface area contributed by atoms with Gasteiger partial charge in [-0.3, -0.25) is 0 Å². The van der Waals surface area contributed by atoms with E-state index >= 15 is 0 Å². The number of allylic oxidation sites excluding steroid dienone is 2. The van der Waals surface area contributed by atoms with Crippen molar-refractivity contribution in [3.05, 3.63) is 11.6 Å². The van der Waals surface area contributed by atoms with Crippen LogP contribution < -0.4 is 0 Å². The lowest BCUT2D eigenvalue weighted by Crippen LogP contribution is -2.33. The molecule has 0 aromatic heterocycles. The van der Waals surface area contributed by atoms with Gasteiger partial charge in [-0.05, 0) is 86.4 Å². The number of hydrogen-bond donors (Lipinski definition) is 0. The first-order valence-corrected chi connectivity index (χ1v) is 9.09. The zero-order valence-electron chi connectivity index (χ0n) is 14.3. The Hall–Kier alpha value is -0.260. The third-order valence-electron chi connectivity index (χ3n) is 7.48. The molecule has 3 aliphatic carbocycles. The predicted molar refractivity (Wildman–Crippen MR) is 87.5 cm³/mol. The molecule has 0 saturated heterocycles. The molecule has 0 spiro atoms. The van der Waals surface area contributed by atoms with Crippen LogP contribution in [0, 0.1) is 40.9 Å². The monoisotopic (exact) mass is 274 g/mol. The maximum atomic E-state index is 2.65. The Morgan fingerprint density at radius 3 is 2.65 bits per heavy atom. The summed E-state index contributed by atoms with van der Waals surface area (Å²) in [5, 5.41) is 0. The van der Waals surface area contributed by atoms with E-state index in [4.69, 9.17) is 0 Å². The zero-order chi connectivity index (χ0) is 14.5. The molecule has 0 nitrogen and oxygen atoms in total. The summed E-state index contributed by atoms with van der Waals surface area (Å²) >= 11 is 0. The van der Waals surface area contributed by atoms with Crippen molar-refractivity contribution in [1.29, 1.82) is 0 Å². The molecule has 0 amide bonds. The molecule has 0 heteroatoms. The molecule has 20 heavy (non-hydrogen) atoms. The van der Waals surface area contributed by atoms with Gasteiger partial charge in [-0.15, -0.1) is 0 Å². The minimum atomic E-state index is 0.633. The standard InChI is InChI=1S/C20H34/c1-13(2)16-10-11-20(5)12-18-15(4)6-8-17(18)14(3)7-9-19(16)20/h7,13,15-19H,6,8-12H2,1-5H3/b14-7-/t15-,16-,17+,18-,19?,20-/m1/s1. The molecule has 3 rings (SSSR count). The van der Waals surface area contributed by atoms with E-state index in [9.17, 15) is 0 Å². The number of hydrogen-bond acceptors (Lipinski definition) is 0. The van der Waals surface area contributed by atoms with Crippen LogP contribution in [0.15, 0.2) is 11.6 Å². The zero-order valence-corrected chi connectivity index (χ0v) is 14.3. The SMILES string of the molecule is C/C1=C/CC2[C@@H](C(C)C)CC[C@]2(C)C[C@@H]2[C@H](C)CC[C@@H]12. The lowest BCUT2D eigenvalue weighted by molar-refractivity contribution is 0.106. The normalized spacial score (nSPS) is 51.1.